The van der Waals surface area contributed by atoms with Crippen molar-refractivity contribution in [1.29, 1.82) is 0 Å². The quantitative estimate of drug-likeness (QED) is 0.848. The summed E-state index contributed by atoms with van der Waals surface area (Å²) in [6.07, 6.45) is 0. The van der Waals surface area contributed by atoms with Crippen molar-refractivity contribution in [3.05, 3.63) is 29.8 Å². The van der Waals surface area contributed by atoms with Crippen LogP contribution in [-0.2, 0) is 10.3 Å². The highest BCUT2D eigenvalue weighted by atomic mass is 35.5. The molecular weight excluding hydrogens is 288 g/mol. The molecule has 0 spiro atoms. The summed E-state index contributed by atoms with van der Waals surface area (Å²) >= 11 is 0. The molecule has 1 atom stereocenters. The van der Waals surface area contributed by atoms with Crippen LogP contribution in [0.3, 0.4) is 0 Å². The van der Waals surface area contributed by atoms with Crippen LogP contribution >= 0.6 is 12.4 Å². The van der Waals surface area contributed by atoms with E-state index in [0.717, 1.165) is 11.3 Å². The van der Waals surface area contributed by atoms with Crippen molar-refractivity contribution in [1.82, 2.24) is 5.32 Å². The summed E-state index contributed by atoms with van der Waals surface area (Å²) in [5, 5.41) is 2.94. The lowest BCUT2D eigenvalue weighted by molar-refractivity contribution is -0.123. The first kappa shape index (κ1) is 19.7. The van der Waals surface area contributed by atoms with Crippen LogP contribution in [0.15, 0.2) is 24.3 Å². The number of nitrogens with two attached hydrogens (primary N) is 1. The predicted molar refractivity (Wildman–Crippen MR) is 88.8 cm³/mol. The Bertz CT molecular complexity index is 442. The van der Waals surface area contributed by atoms with Gasteiger partial charge in [-0.25, -0.2) is 0 Å². The lowest BCUT2D eigenvalue weighted by Gasteiger charge is -2.28. The van der Waals surface area contributed by atoms with Crippen molar-refractivity contribution >= 4 is 18.3 Å². The average Bonchev–Trinajstić information content (AvgIpc) is 2.36. The van der Waals surface area contributed by atoms with Gasteiger partial charge in [-0.15, -0.1) is 12.4 Å². The van der Waals surface area contributed by atoms with Gasteiger partial charge in [-0.1, -0.05) is 26.0 Å². The Labute approximate surface area is 133 Å². The van der Waals surface area contributed by atoms with Crippen molar-refractivity contribution in [2.75, 3.05) is 6.61 Å². The maximum absolute atomic E-state index is 11.7. The summed E-state index contributed by atoms with van der Waals surface area (Å²) in [5.41, 5.74) is 6.14. The van der Waals surface area contributed by atoms with E-state index in [0.29, 0.717) is 12.5 Å². The second-order valence-electron chi connectivity index (χ2n) is 6.13. The van der Waals surface area contributed by atoms with Crippen LogP contribution in [0.25, 0.3) is 0 Å². The van der Waals surface area contributed by atoms with Gasteiger partial charge in [0.05, 0.1) is 18.2 Å². The summed E-state index contributed by atoms with van der Waals surface area (Å²) in [5.74, 6) is 1.18. The van der Waals surface area contributed by atoms with Gasteiger partial charge in [0.1, 0.15) is 5.75 Å². The fourth-order valence-corrected chi connectivity index (χ4v) is 1.72. The molecule has 0 saturated carbocycles. The maximum Gasteiger partial charge on any atom is 0.237 e. The molecule has 1 aromatic rings. The topological polar surface area (TPSA) is 64.3 Å². The van der Waals surface area contributed by atoms with E-state index in [1.807, 2.05) is 38.1 Å². The van der Waals surface area contributed by atoms with Gasteiger partial charge in [0.2, 0.25) is 5.91 Å². The predicted octanol–water partition coefficient (Wildman–Crippen LogP) is 2.84. The Balaban J connectivity index is 0.00000400. The Morgan fingerprint density at radius 3 is 2.19 bits per heavy atom. The summed E-state index contributed by atoms with van der Waals surface area (Å²) in [6, 6.07) is 7.28. The number of halogens is 1. The summed E-state index contributed by atoms with van der Waals surface area (Å²) in [4.78, 5) is 11.7. The monoisotopic (exact) mass is 314 g/mol. The largest absolute Gasteiger partial charge is 0.493 e. The molecule has 0 heterocycles. The molecular formula is C16H27ClN2O2. The minimum Gasteiger partial charge on any atom is -0.493 e. The minimum atomic E-state index is -0.511. The summed E-state index contributed by atoms with van der Waals surface area (Å²) < 4.78 is 5.65. The molecule has 0 fully saturated rings. The molecule has 0 radical (unpaired) electrons. The van der Waals surface area contributed by atoms with E-state index < -0.39 is 11.6 Å². The van der Waals surface area contributed by atoms with E-state index in [2.05, 4.69) is 19.2 Å². The number of amides is 1. The number of carbonyl (C=O) groups excluding carboxylic acids is 1. The van der Waals surface area contributed by atoms with E-state index in [1.165, 1.54) is 0 Å². The number of hydrogen-bond acceptors (Lipinski definition) is 3. The lowest BCUT2D eigenvalue weighted by atomic mass is 9.94. The second kappa shape index (κ2) is 8.25. The van der Waals surface area contributed by atoms with Gasteiger partial charge < -0.3 is 15.8 Å². The number of carbonyl (C=O) groups is 1. The first-order valence-electron chi connectivity index (χ1n) is 7.03. The fourth-order valence-electron chi connectivity index (χ4n) is 1.72. The summed E-state index contributed by atoms with van der Waals surface area (Å²) in [7, 11) is 0. The minimum absolute atomic E-state index is 0. The molecule has 0 unspecified atom stereocenters. The molecule has 1 rings (SSSR count). The van der Waals surface area contributed by atoms with Gasteiger partial charge in [0.15, 0.2) is 0 Å². The molecule has 0 bridgehead atoms. The van der Waals surface area contributed by atoms with E-state index in [-0.39, 0.29) is 18.3 Å². The van der Waals surface area contributed by atoms with Gasteiger partial charge in [-0.3, -0.25) is 4.79 Å². The Morgan fingerprint density at radius 1 is 1.24 bits per heavy atom. The van der Waals surface area contributed by atoms with Crippen LogP contribution in [0.5, 0.6) is 5.75 Å². The third kappa shape index (κ3) is 6.36. The number of benzene rings is 1. The van der Waals surface area contributed by atoms with Crippen LogP contribution in [0.4, 0.5) is 0 Å². The van der Waals surface area contributed by atoms with Crippen molar-refractivity contribution < 1.29 is 9.53 Å². The van der Waals surface area contributed by atoms with Crippen LogP contribution in [0.2, 0.25) is 0 Å². The van der Waals surface area contributed by atoms with Crippen molar-refractivity contribution in [2.24, 2.45) is 11.7 Å². The Morgan fingerprint density at radius 2 is 1.76 bits per heavy atom. The smallest absolute Gasteiger partial charge is 0.237 e. The zero-order chi connectivity index (χ0) is 15.3. The van der Waals surface area contributed by atoms with Gasteiger partial charge in [-0.05, 0) is 44.4 Å². The molecule has 21 heavy (non-hydrogen) atoms. The molecule has 120 valence electrons. The molecule has 5 heteroatoms. The van der Waals surface area contributed by atoms with Crippen molar-refractivity contribution in [3.8, 4) is 5.75 Å². The Hall–Kier alpha value is -1.26. The first-order valence-corrected chi connectivity index (χ1v) is 7.03. The molecule has 0 aliphatic heterocycles. The maximum atomic E-state index is 11.7. The van der Waals surface area contributed by atoms with E-state index in [9.17, 15) is 4.79 Å². The standard InChI is InChI=1S/C16H26N2O2.ClH/c1-11(2)10-20-14-8-6-13(7-9-14)16(4,5)18-15(19)12(3)17;/h6-9,11-12H,10,17H2,1-5H3,(H,18,19);1H/t12-;/m0./s1. The number of nitrogens with one attached hydrogen (secondary N) is 1. The zero-order valence-corrected chi connectivity index (χ0v) is 14.3. The van der Waals surface area contributed by atoms with Crippen LogP contribution in [-0.4, -0.2) is 18.6 Å². The van der Waals surface area contributed by atoms with Crippen LogP contribution < -0.4 is 15.8 Å². The van der Waals surface area contributed by atoms with Gasteiger partial charge in [0, 0.05) is 0 Å². The number of ether oxygens (including phenoxy) is 1. The van der Waals surface area contributed by atoms with Crippen LogP contribution in [0, 0.1) is 5.92 Å². The van der Waals surface area contributed by atoms with Crippen molar-refractivity contribution in [3.63, 3.8) is 0 Å². The molecule has 0 saturated heterocycles. The SMILES string of the molecule is CC(C)COc1ccc(C(C)(C)NC(=O)[C@H](C)N)cc1.Cl. The molecule has 0 aromatic heterocycles. The molecule has 4 nitrogen and oxygen atoms in total. The van der Waals surface area contributed by atoms with Crippen molar-refractivity contribution in [2.45, 2.75) is 46.2 Å². The first-order chi connectivity index (χ1) is 9.22. The van der Waals surface area contributed by atoms with E-state index in [1.54, 1.807) is 6.92 Å². The van der Waals surface area contributed by atoms with Gasteiger partial charge in [-0.2, -0.15) is 0 Å². The zero-order valence-electron chi connectivity index (χ0n) is 13.5. The number of rotatable bonds is 6. The second-order valence-corrected chi connectivity index (χ2v) is 6.13. The number of hydrogen-bond donors (Lipinski definition) is 2. The van der Waals surface area contributed by atoms with Gasteiger partial charge in [0.25, 0.3) is 0 Å². The lowest BCUT2D eigenvalue weighted by Crippen LogP contribution is -2.47. The fraction of sp³-hybridized carbons (Fsp3) is 0.562. The molecule has 1 amide bonds. The molecule has 0 aliphatic rings. The highest BCUT2D eigenvalue weighted by Crippen LogP contribution is 2.23. The van der Waals surface area contributed by atoms with Crippen LogP contribution in [0.1, 0.15) is 40.2 Å². The van der Waals surface area contributed by atoms with Gasteiger partial charge >= 0.3 is 0 Å². The highest BCUT2D eigenvalue weighted by Gasteiger charge is 2.24. The van der Waals surface area contributed by atoms with E-state index in [4.69, 9.17) is 10.5 Å². The third-order valence-electron chi connectivity index (χ3n) is 3.01. The molecule has 1 aromatic carbocycles. The molecule has 3 N–H and O–H groups in total. The third-order valence-corrected chi connectivity index (χ3v) is 3.01. The normalized spacial score (nSPS) is 12.5. The Kier molecular flexibility index (Phi) is 7.75. The average molecular weight is 315 g/mol. The summed E-state index contributed by atoms with van der Waals surface area (Å²) in [6.45, 7) is 10.5. The van der Waals surface area contributed by atoms with E-state index >= 15 is 0 Å². The highest BCUT2D eigenvalue weighted by molar-refractivity contribution is 5.85. The molecule has 0 aliphatic carbocycles.